The molecule has 0 N–H and O–H groups in total. The van der Waals surface area contributed by atoms with Crippen molar-refractivity contribution in [1.82, 2.24) is 9.88 Å². The van der Waals surface area contributed by atoms with Crippen LogP contribution in [0.4, 0.5) is 5.69 Å². The third-order valence-corrected chi connectivity index (χ3v) is 6.29. The van der Waals surface area contributed by atoms with E-state index in [2.05, 4.69) is 4.98 Å². The molecule has 2 amide bonds. The van der Waals surface area contributed by atoms with Crippen LogP contribution in [0.5, 0.6) is 11.5 Å². The zero-order valence-corrected chi connectivity index (χ0v) is 19.8. The number of nitrogens with zero attached hydrogens (tertiary/aromatic N) is 3. The van der Waals surface area contributed by atoms with Gasteiger partial charge in [0.15, 0.2) is 19.0 Å². The fourth-order valence-electron chi connectivity index (χ4n) is 3.59. The molecule has 34 heavy (non-hydrogen) atoms. The molecule has 0 aliphatic carbocycles. The monoisotopic (exact) mass is 479 g/mol. The van der Waals surface area contributed by atoms with Gasteiger partial charge in [-0.1, -0.05) is 18.2 Å². The third-order valence-electron chi connectivity index (χ3n) is 5.45. The molecule has 1 aliphatic rings. The van der Waals surface area contributed by atoms with Crippen molar-refractivity contribution in [2.45, 2.75) is 20.4 Å². The molecule has 0 spiro atoms. The van der Waals surface area contributed by atoms with Crippen molar-refractivity contribution in [3.05, 3.63) is 70.2 Å². The lowest BCUT2D eigenvalue weighted by atomic mass is 10.1. The molecule has 9 heteroatoms. The molecule has 176 valence electrons. The molecule has 8 nitrogen and oxygen atoms in total. The second-order valence-electron chi connectivity index (χ2n) is 7.58. The topological polar surface area (TPSA) is 89.0 Å². The zero-order chi connectivity index (χ0) is 24.1. The van der Waals surface area contributed by atoms with E-state index in [0.717, 1.165) is 0 Å². The maximum atomic E-state index is 12.7. The van der Waals surface area contributed by atoms with Crippen molar-refractivity contribution in [2.75, 3.05) is 31.2 Å². The Morgan fingerprint density at radius 2 is 1.91 bits per heavy atom. The van der Waals surface area contributed by atoms with Crippen molar-refractivity contribution in [3.8, 4) is 11.5 Å². The van der Waals surface area contributed by atoms with Gasteiger partial charge in [0.25, 0.3) is 11.8 Å². The van der Waals surface area contributed by atoms with Crippen molar-refractivity contribution in [2.24, 2.45) is 0 Å². The average Bonchev–Trinajstić information content (AvgIpc) is 3.34. The van der Waals surface area contributed by atoms with Crippen molar-refractivity contribution in [1.29, 1.82) is 0 Å². The number of rotatable bonds is 9. The Kier molecular flexibility index (Phi) is 7.22. The second-order valence-corrected chi connectivity index (χ2v) is 8.52. The van der Waals surface area contributed by atoms with Gasteiger partial charge in [-0.2, -0.15) is 0 Å². The van der Waals surface area contributed by atoms with Gasteiger partial charge < -0.3 is 14.4 Å². The number of carbonyl (C=O) groups excluding carboxylic acids is 3. The number of ketones is 1. The lowest BCUT2D eigenvalue weighted by Gasteiger charge is -2.29. The molecular weight excluding hydrogens is 454 g/mol. The number of thiazole rings is 1. The van der Waals surface area contributed by atoms with Gasteiger partial charge in [-0.15, -0.1) is 11.3 Å². The lowest BCUT2D eigenvalue weighted by molar-refractivity contribution is -0.121. The smallest absolute Gasteiger partial charge is 0.273 e. The molecule has 0 radical (unpaired) electrons. The summed E-state index contributed by atoms with van der Waals surface area (Å²) in [6.45, 7) is 4.99. The van der Waals surface area contributed by atoms with Crippen molar-refractivity contribution in [3.63, 3.8) is 0 Å². The highest BCUT2D eigenvalue weighted by Crippen LogP contribution is 2.34. The number of ether oxygens (including phenoxy) is 2. The van der Waals surface area contributed by atoms with Crippen LogP contribution in [-0.4, -0.2) is 53.8 Å². The molecule has 0 saturated carbocycles. The van der Waals surface area contributed by atoms with E-state index in [0.29, 0.717) is 46.5 Å². The number of Topliss-reactive ketones (excluding diaryl/α,β-unsaturated/α-hetero) is 1. The molecule has 1 aromatic heterocycles. The minimum Gasteiger partial charge on any atom is -0.485 e. The molecule has 0 atom stereocenters. The van der Waals surface area contributed by atoms with Crippen LogP contribution in [0.2, 0.25) is 0 Å². The molecule has 2 heterocycles. The number of para-hydroxylation sites is 1. The first-order chi connectivity index (χ1) is 16.5. The highest BCUT2D eigenvalue weighted by atomic mass is 32.1. The van der Waals surface area contributed by atoms with Gasteiger partial charge in [-0.05, 0) is 44.2 Å². The van der Waals surface area contributed by atoms with Gasteiger partial charge in [-0.25, -0.2) is 4.98 Å². The Bertz CT molecular complexity index is 1190. The highest BCUT2D eigenvalue weighted by Gasteiger charge is 2.28. The van der Waals surface area contributed by atoms with Crippen LogP contribution in [0, 0.1) is 0 Å². The number of hydrogen-bond acceptors (Lipinski definition) is 7. The fraction of sp³-hybridized carbons (Fsp3) is 0.280. The predicted molar refractivity (Wildman–Crippen MR) is 129 cm³/mol. The quantitative estimate of drug-likeness (QED) is 0.434. The van der Waals surface area contributed by atoms with E-state index in [1.165, 1.54) is 16.2 Å². The van der Waals surface area contributed by atoms with E-state index in [4.69, 9.17) is 9.47 Å². The summed E-state index contributed by atoms with van der Waals surface area (Å²) in [5.41, 5.74) is 1.27. The van der Waals surface area contributed by atoms with Crippen LogP contribution in [0.15, 0.2) is 53.9 Å². The standard InChI is InChI=1S/C25H25N3O5S/c1-3-27(4-2)25(31)19-16-34-23(26-19)13-28-20-12-17(10-11-22(20)33-15-24(28)30)21(29)14-32-18-8-6-5-7-9-18/h5-12,16H,3-4,13-15H2,1-2H3. The van der Waals surface area contributed by atoms with Crippen LogP contribution in [-0.2, 0) is 11.3 Å². The zero-order valence-electron chi connectivity index (χ0n) is 19.0. The molecule has 2 aromatic carbocycles. The molecular formula is C25H25N3O5S. The Morgan fingerprint density at radius 3 is 2.65 bits per heavy atom. The van der Waals surface area contributed by atoms with Crippen LogP contribution in [0.25, 0.3) is 0 Å². The molecule has 1 aliphatic heterocycles. The maximum absolute atomic E-state index is 12.7. The number of anilines is 1. The van der Waals surface area contributed by atoms with Crippen LogP contribution in [0.3, 0.4) is 0 Å². The van der Waals surface area contributed by atoms with Gasteiger partial charge >= 0.3 is 0 Å². The number of fused-ring (bicyclic) bond motifs is 1. The Morgan fingerprint density at radius 1 is 1.15 bits per heavy atom. The van der Waals surface area contributed by atoms with Crippen molar-refractivity contribution < 1.29 is 23.9 Å². The number of aromatic nitrogens is 1. The van der Waals surface area contributed by atoms with Crippen molar-refractivity contribution >= 4 is 34.6 Å². The third kappa shape index (κ3) is 5.09. The fourth-order valence-corrected chi connectivity index (χ4v) is 4.34. The molecule has 0 bridgehead atoms. The lowest BCUT2D eigenvalue weighted by Crippen LogP contribution is -2.38. The second kappa shape index (κ2) is 10.5. The summed E-state index contributed by atoms with van der Waals surface area (Å²) >= 11 is 1.32. The summed E-state index contributed by atoms with van der Waals surface area (Å²) in [7, 11) is 0. The summed E-state index contributed by atoms with van der Waals surface area (Å²) in [5.74, 6) is 0.520. The van der Waals surface area contributed by atoms with Gasteiger partial charge in [0.05, 0.1) is 12.2 Å². The first kappa shape index (κ1) is 23.4. The summed E-state index contributed by atoms with van der Waals surface area (Å²) in [4.78, 5) is 45.7. The van der Waals surface area contributed by atoms with E-state index in [-0.39, 0.29) is 37.4 Å². The maximum Gasteiger partial charge on any atom is 0.273 e. The molecule has 3 aromatic rings. The Balaban J connectivity index is 1.51. The Hall–Kier alpha value is -3.72. The predicted octanol–water partition coefficient (Wildman–Crippen LogP) is 3.81. The van der Waals surface area contributed by atoms with E-state index >= 15 is 0 Å². The van der Waals surface area contributed by atoms with Crippen LogP contribution >= 0.6 is 11.3 Å². The number of carbonyl (C=O) groups is 3. The SMILES string of the molecule is CCN(CC)C(=O)c1csc(CN2C(=O)COc3ccc(C(=O)COc4ccccc4)cc32)n1. The van der Waals surface area contributed by atoms with Gasteiger partial charge in [-0.3, -0.25) is 19.3 Å². The molecule has 0 saturated heterocycles. The first-order valence-electron chi connectivity index (χ1n) is 11.0. The largest absolute Gasteiger partial charge is 0.485 e. The van der Waals surface area contributed by atoms with E-state index in [1.54, 1.807) is 40.6 Å². The molecule has 4 rings (SSSR count). The minimum atomic E-state index is -0.246. The highest BCUT2D eigenvalue weighted by molar-refractivity contribution is 7.09. The number of amides is 2. The summed E-state index contributed by atoms with van der Waals surface area (Å²) in [6.07, 6.45) is 0. The van der Waals surface area contributed by atoms with E-state index in [9.17, 15) is 14.4 Å². The summed E-state index contributed by atoms with van der Waals surface area (Å²) in [6, 6.07) is 14.1. The average molecular weight is 480 g/mol. The normalized spacial score (nSPS) is 12.6. The number of hydrogen-bond donors (Lipinski definition) is 0. The number of benzene rings is 2. The van der Waals surface area contributed by atoms with E-state index < -0.39 is 0 Å². The van der Waals surface area contributed by atoms with Gasteiger partial charge in [0.2, 0.25) is 0 Å². The summed E-state index contributed by atoms with van der Waals surface area (Å²) in [5, 5.41) is 2.34. The molecule has 0 fully saturated rings. The van der Waals surface area contributed by atoms with Gasteiger partial charge in [0.1, 0.15) is 22.2 Å². The minimum absolute atomic E-state index is 0.103. The van der Waals surface area contributed by atoms with Crippen LogP contribution in [0.1, 0.15) is 39.7 Å². The molecule has 0 unspecified atom stereocenters. The van der Waals surface area contributed by atoms with E-state index in [1.807, 2.05) is 32.0 Å². The summed E-state index contributed by atoms with van der Waals surface area (Å²) < 4.78 is 11.1. The van der Waals surface area contributed by atoms with Crippen LogP contribution < -0.4 is 14.4 Å². The Labute approximate surface area is 201 Å². The van der Waals surface area contributed by atoms with Gasteiger partial charge in [0, 0.05) is 24.0 Å². The first-order valence-corrected chi connectivity index (χ1v) is 11.9.